The highest BCUT2D eigenvalue weighted by atomic mass is 35.5. The summed E-state index contributed by atoms with van der Waals surface area (Å²) in [5.74, 6) is -1.98. The van der Waals surface area contributed by atoms with Crippen LogP contribution >= 0.6 is 11.6 Å². The zero-order valence-electron chi connectivity index (χ0n) is 16.3. The van der Waals surface area contributed by atoms with E-state index < -0.39 is 29.4 Å². The molecule has 0 saturated heterocycles. The van der Waals surface area contributed by atoms with E-state index in [-0.39, 0.29) is 12.0 Å². The number of nitrogens with one attached hydrogen (secondary N) is 1. The molecule has 0 heterocycles. The second-order valence-electron chi connectivity index (χ2n) is 6.76. The van der Waals surface area contributed by atoms with Crippen molar-refractivity contribution in [3.05, 3.63) is 94.0 Å². The third-order valence-electron chi connectivity index (χ3n) is 4.43. The summed E-state index contributed by atoms with van der Waals surface area (Å²) in [5, 5.41) is 3.11. The molecule has 8 heteroatoms. The standard InChI is InChI=1S/C23H17ClF3NO3/c1-14-4-2-3-5-19(14)28-22(30)18-11-8-16(23(25,26)27)13-20(18)31-21(29)12-15-6-9-17(24)10-7-15/h2-11,13H,12H2,1H3,(H,28,30). The molecule has 0 radical (unpaired) electrons. The minimum atomic E-state index is -4.66. The number of amides is 1. The number of esters is 1. The Kier molecular flexibility index (Phi) is 6.65. The van der Waals surface area contributed by atoms with Crippen molar-refractivity contribution in [3.8, 4) is 5.75 Å². The average molecular weight is 448 g/mol. The number of hydrogen-bond donors (Lipinski definition) is 1. The van der Waals surface area contributed by atoms with Gasteiger partial charge in [-0.25, -0.2) is 0 Å². The quantitative estimate of drug-likeness (QED) is 0.381. The number of carbonyl (C=O) groups is 2. The van der Waals surface area contributed by atoms with Crippen molar-refractivity contribution in [1.82, 2.24) is 0 Å². The van der Waals surface area contributed by atoms with Crippen LogP contribution in [-0.2, 0) is 17.4 Å². The fourth-order valence-corrected chi connectivity index (χ4v) is 2.93. The number of carbonyl (C=O) groups excluding carboxylic acids is 2. The SMILES string of the molecule is Cc1ccccc1NC(=O)c1ccc(C(F)(F)F)cc1OC(=O)Cc1ccc(Cl)cc1. The van der Waals surface area contributed by atoms with E-state index in [1.165, 1.54) is 0 Å². The lowest BCUT2D eigenvalue weighted by Gasteiger charge is -2.14. The molecule has 160 valence electrons. The molecule has 4 nitrogen and oxygen atoms in total. The van der Waals surface area contributed by atoms with Crippen LogP contribution in [0.3, 0.4) is 0 Å². The van der Waals surface area contributed by atoms with E-state index in [9.17, 15) is 22.8 Å². The van der Waals surface area contributed by atoms with Crippen molar-refractivity contribution >= 4 is 29.2 Å². The van der Waals surface area contributed by atoms with Crippen molar-refractivity contribution in [3.63, 3.8) is 0 Å². The number of rotatable bonds is 5. The van der Waals surface area contributed by atoms with E-state index in [1.54, 1.807) is 55.5 Å². The molecule has 0 aliphatic rings. The highest BCUT2D eigenvalue weighted by Crippen LogP contribution is 2.33. The summed E-state index contributed by atoms with van der Waals surface area (Å²) in [5.41, 5.74) is 0.595. The Labute approximate surface area is 181 Å². The van der Waals surface area contributed by atoms with Gasteiger partial charge in [0, 0.05) is 10.7 Å². The molecule has 3 aromatic rings. The van der Waals surface area contributed by atoms with Gasteiger partial charge in [-0.2, -0.15) is 13.2 Å². The van der Waals surface area contributed by atoms with Gasteiger partial charge in [0.05, 0.1) is 17.5 Å². The molecule has 0 atom stereocenters. The van der Waals surface area contributed by atoms with Crippen LogP contribution in [0, 0.1) is 6.92 Å². The van der Waals surface area contributed by atoms with Gasteiger partial charge < -0.3 is 10.1 Å². The lowest BCUT2D eigenvalue weighted by atomic mass is 10.1. The van der Waals surface area contributed by atoms with E-state index in [4.69, 9.17) is 16.3 Å². The maximum absolute atomic E-state index is 13.2. The predicted molar refractivity (Wildman–Crippen MR) is 111 cm³/mol. The van der Waals surface area contributed by atoms with Crippen molar-refractivity contribution < 1.29 is 27.5 Å². The van der Waals surface area contributed by atoms with E-state index in [2.05, 4.69) is 5.32 Å². The molecule has 3 rings (SSSR count). The molecule has 0 unspecified atom stereocenters. The van der Waals surface area contributed by atoms with Crippen LogP contribution < -0.4 is 10.1 Å². The molecule has 0 bridgehead atoms. The van der Waals surface area contributed by atoms with Gasteiger partial charge in [-0.15, -0.1) is 0 Å². The van der Waals surface area contributed by atoms with Gasteiger partial charge in [-0.3, -0.25) is 9.59 Å². The molecule has 0 saturated carbocycles. The summed E-state index contributed by atoms with van der Waals surface area (Å²) in [6.07, 6.45) is -4.87. The summed E-state index contributed by atoms with van der Waals surface area (Å²) >= 11 is 5.80. The molecular weight excluding hydrogens is 431 g/mol. The molecule has 3 aromatic carbocycles. The molecule has 1 N–H and O–H groups in total. The highest BCUT2D eigenvalue weighted by molar-refractivity contribution is 6.30. The number of benzene rings is 3. The van der Waals surface area contributed by atoms with E-state index >= 15 is 0 Å². The number of aryl methyl sites for hydroxylation is 1. The molecular formula is C23H17ClF3NO3. The molecule has 0 fully saturated rings. The first-order valence-corrected chi connectivity index (χ1v) is 9.54. The Morgan fingerprint density at radius 3 is 2.32 bits per heavy atom. The van der Waals surface area contributed by atoms with Gasteiger partial charge in [-0.05, 0) is 54.4 Å². The average Bonchev–Trinajstić information content (AvgIpc) is 2.70. The lowest BCUT2D eigenvalue weighted by molar-refractivity contribution is -0.139. The number of para-hydroxylation sites is 1. The van der Waals surface area contributed by atoms with Crippen LogP contribution in [0.5, 0.6) is 5.75 Å². The first-order valence-electron chi connectivity index (χ1n) is 9.17. The zero-order valence-corrected chi connectivity index (χ0v) is 17.1. The van der Waals surface area contributed by atoms with Crippen LogP contribution in [-0.4, -0.2) is 11.9 Å². The Hall–Kier alpha value is -3.32. The summed E-state index contributed by atoms with van der Waals surface area (Å²) in [6, 6.07) is 15.7. The Morgan fingerprint density at radius 1 is 1.00 bits per heavy atom. The van der Waals surface area contributed by atoms with E-state index in [0.717, 1.165) is 17.7 Å². The van der Waals surface area contributed by atoms with Crippen LogP contribution in [0.15, 0.2) is 66.7 Å². The van der Waals surface area contributed by atoms with Crippen LogP contribution in [0.1, 0.15) is 27.0 Å². The first kappa shape index (κ1) is 22.4. The molecule has 0 aromatic heterocycles. The topological polar surface area (TPSA) is 55.4 Å². The molecule has 0 aliphatic heterocycles. The predicted octanol–water partition coefficient (Wildman–Crippen LogP) is 6.07. The second-order valence-corrected chi connectivity index (χ2v) is 7.19. The summed E-state index contributed by atoms with van der Waals surface area (Å²) in [4.78, 5) is 25.1. The number of alkyl halides is 3. The second kappa shape index (κ2) is 9.22. The fourth-order valence-electron chi connectivity index (χ4n) is 2.80. The molecule has 31 heavy (non-hydrogen) atoms. The summed E-state index contributed by atoms with van der Waals surface area (Å²) in [6.45, 7) is 1.77. The van der Waals surface area contributed by atoms with Gasteiger partial charge in [0.15, 0.2) is 0 Å². The van der Waals surface area contributed by atoms with Crippen molar-refractivity contribution in [1.29, 1.82) is 0 Å². The summed E-state index contributed by atoms with van der Waals surface area (Å²) < 4.78 is 44.7. The zero-order chi connectivity index (χ0) is 22.6. The van der Waals surface area contributed by atoms with Crippen molar-refractivity contribution in [2.75, 3.05) is 5.32 Å². The fraction of sp³-hybridized carbons (Fsp3) is 0.130. The maximum Gasteiger partial charge on any atom is 0.416 e. The van der Waals surface area contributed by atoms with Crippen LogP contribution in [0.25, 0.3) is 0 Å². The van der Waals surface area contributed by atoms with E-state index in [1.807, 2.05) is 0 Å². The molecule has 0 aliphatic carbocycles. The minimum Gasteiger partial charge on any atom is -0.425 e. The smallest absolute Gasteiger partial charge is 0.416 e. The maximum atomic E-state index is 13.2. The van der Waals surface area contributed by atoms with Gasteiger partial charge in [0.2, 0.25) is 0 Å². The summed E-state index contributed by atoms with van der Waals surface area (Å²) in [7, 11) is 0. The van der Waals surface area contributed by atoms with Gasteiger partial charge >= 0.3 is 12.1 Å². The van der Waals surface area contributed by atoms with Crippen LogP contribution in [0.2, 0.25) is 5.02 Å². The number of halogens is 4. The van der Waals surface area contributed by atoms with E-state index in [0.29, 0.717) is 22.3 Å². The Morgan fingerprint density at radius 2 is 1.68 bits per heavy atom. The molecule has 0 spiro atoms. The van der Waals surface area contributed by atoms with Gasteiger partial charge in [-0.1, -0.05) is 41.9 Å². The number of anilines is 1. The van der Waals surface area contributed by atoms with Crippen molar-refractivity contribution in [2.45, 2.75) is 19.5 Å². The van der Waals surface area contributed by atoms with Crippen LogP contribution in [0.4, 0.5) is 18.9 Å². The number of hydrogen-bond acceptors (Lipinski definition) is 3. The third kappa shape index (κ3) is 5.86. The Bertz CT molecular complexity index is 1110. The highest BCUT2D eigenvalue weighted by Gasteiger charge is 2.32. The normalized spacial score (nSPS) is 11.1. The monoisotopic (exact) mass is 447 g/mol. The van der Waals surface area contributed by atoms with Crippen molar-refractivity contribution in [2.24, 2.45) is 0 Å². The third-order valence-corrected chi connectivity index (χ3v) is 4.68. The number of ether oxygens (including phenoxy) is 1. The first-order chi connectivity index (χ1) is 14.6. The largest absolute Gasteiger partial charge is 0.425 e. The van der Waals surface area contributed by atoms with Gasteiger partial charge in [0.25, 0.3) is 5.91 Å². The molecule has 1 amide bonds. The lowest BCUT2D eigenvalue weighted by Crippen LogP contribution is -2.18. The minimum absolute atomic E-state index is 0.194. The Balaban J connectivity index is 1.88. The van der Waals surface area contributed by atoms with Gasteiger partial charge in [0.1, 0.15) is 5.75 Å².